The first kappa shape index (κ1) is 20.3. The van der Waals surface area contributed by atoms with Crippen molar-refractivity contribution in [2.75, 3.05) is 25.1 Å². The van der Waals surface area contributed by atoms with Crippen LogP contribution in [0.5, 0.6) is 23.0 Å². The molecule has 1 heterocycles. The van der Waals surface area contributed by atoms with Crippen molar-refractivity contribution in [2.24, 2.45) is 0 Å². The van der Waals surface area contributed by atoms with E-state index in [4.69, 9.17) is 14.2 Å². The summed E-state index contributed by atoms with van der Waals surface area (Å²) < 4.78 is 17.2. The van der Waals surface area contributed by atoms with Gasteiger partial charge in [0.25, 0.3) is 11.8 Å². The van der Waals surface area contributed by atoms with Gasteiger partial charge in [-0.3, -0.25) is 9.59 Å². The Morgan fingerprint density at radius 3 is 2.32 bits per heavy atom. The van der Waals surface area contributed by atoms with Crippen molar-refractivity contribution < 1.29 is 23.8 Å². The van der Waals surface area contributed by atoms with Crippen molar-refractivity contribution in [1.82, 2.24) is 5.32 Å². The molecule has 3 aromatic carbocycles. The summed E-state index contributed by atoms with van der Waals surface area (Å²) in [6.07, 6.45) is -0.779. The lowest BCUT2D eigenvalue weighted by molar-refractivity contribution is -0.128. The number of para-hydroxylation sites is 3. The molecule has 0 fully saturated rings. The van der Waals surface area contributed by atoms with Crippen LogP contribution >= 0.6 is 0 Å². The molecule has 1 atom stereocenters. The third-order valence-corrected chi connectivity index (χ3v) is 4.78. The van der Waals surface area contributed by atoms with Crippen LogP contribution in [-0.4, -0.2) is 38.1 Å². The lowest BCUT2D eigenvalue weighted by Gasteiger charge is -2.33. The lowest BCUT2D eigenvalue weighted by Crippen LogP contribution is -2.51. The number of fused-ring (bicyclic) bond motifs is 1. The van der Waals surface area contributed by atoms with E-state index in [2.05, 4.69) is 5.32 Å². The van der Waals surface area contributed by atoms with Crippen LogP contribution in [0.25, 0.3) is 0 Å². The Morgan fingerprint density at radius 2 is 1.58 bits per heavy atom. The quantitative estimate of drug-likeness (QED) is 0.664. The van der Waals surface area contributed by atoms with Crippen molar-refractivity contribution in [3.63, 3.8) is 0 Å². The third-order valence-electron chi connectivity index (χ3n) is 4.78. The molecule has 3 aromatic rings. The van der Waals surface area contributed by atoms with E-state index in [1.165, 1.54) is 11.9 Å². The van der Waals surface area contributed by atoms with Crippen LogP contribution in [0.4, 0.5) is 5.69 Å². The van der Waals surface area contributed by atoms with E-state index in [9.17, 15) is 9.59 Å². The van der Waals surface area contributed by atoms with Gasteiger partial charge in [0.1, 0.15) is 23.0 Å². The second-order valence-corrected chi connectivity index (χ2v) is 6.87. The number of amides is 2. The van der Waals surface area contributed by atoms with Gasteiger partial charge in [0, 0.05) is 7.05 Å². The fraction of sp³-hybridized carbons (Fsp3) is 0.167. The smallest absolute Gasteiger partial charge is 0.265 e. The molecule has 0 spiro atoms. The molecular weight excluding hydrogens is 396 g/mol. The second kappa shape index (κ2) is 9.21. The number of carbonyl (C=O) groups is 2. The average Bonchev–Trinajstić information content (AvgIpc) is 2.82. The van der Waals surface area contributed by atoms with Crippen molar-refractivity contribution in [1.29, 1.82) is 0 Å². The zero-order valence-corrected chi connectivity index (χ0v) is 17.0. The molecule has 0 aromatic heterocycles. The van der Waals surface area contributed by atoms with Crippen LogP contribution < -0.4 is 24.4 Å². The summed E-state index contributed by atoms with van der Waals surface area (Å²) in [4.78, 5) is 26.5. The molecule has 4 rings (SSSR count). The van der Waals surface area contributed by atoms with E-state index in [0.717, 1.165) is 5.75 Å². The van der Waals surface area contributed by atoms with E-state index < -0.39 is 6.10 Å². The average molecular weight is 418 g/mol. The molecule has 158 valence electrons. The highest BCUT2D eigenvalue weighted by Crippen LogP contribution is 2.33. The summed E-state index contributed by atoms with van der Waals surface area (Å²) in [6.45, 7) is -0.0591. The molecule has 0 aliphatic carbocycles. The Bertz CT molecular complexity index is 1050. The Hall–Kier alpha value is -4.00. The van der Waals surface area contributed by atoms with Gasteiger partial charge in [0.2, 0.25) is 0 Å². The van der Waals surface area contributed by atoms with Crippen molar-refractivity contribution in [2.45, 2.75) is 6.10 Å². The highest BCUT2D eigenvalue weighted by molar-refractivity contribution is 5.98. The topological polar surface area (TPSA) is 77.1 Å². The summed E-state index contributed by atoms with van der Waals surface area (Å²) in [5, 5.41) is 2.56. The van der Waals surface area contributed by atoms with Gasteiger partial charge < -0.3 is 24.4 Å². The first-order chi connectivity index (χ1) is 15.1. The molecule has 0 saturated heterocycles. The van der Waals surface area contributed by atoms with Gasteiger partial charge in [0.05, 0.1) is 12.2 Å². The molecular formula is C24H22N2O5. The van der Waals surface area contributed by atoms with Crippen molar-refractivity contribution in [3.05, 3.63) is 78.9 Å². The lowest BCUT2D eigenvalue weighted by atomic mass is 10.1. The van der Waals surface area contributed by atoms with Gasteiger partial charge in [-0.1, -0.05) is 30.3 Å². The summed E-state index contributed by atoms with van der Waals surface area (Å²) in [5.41, 5.74) is 0.614. The Balaban J connectivity index is 1.40. The molecule has 0 saturated carbocycles. The number of ether oxygens (including phenoxy) is 3. The van der Waals surface area contributed by atoms with Crippen LogP contribution in [0.2, 0.25) is 0 Å². The van der Waals surface area contributed by atoms with Gasteiger partial charge >= 0.3 is 0 Å². The maximum atomic E-state index is 12.9. The highest BCUT2D eigenvalue weighted by Gasteiger charge is 2.33. The van der Waals surface area contributed by atoms with Gasteiger partial charge in [-0.05, 0) is 48.5 Å². The summed E-state index contributed by atoms with van der Waals surface area (Å²) in [5.74, 6) is 1.87. The number of nitrogens with zero attached hydrogens (tertiary/aromatic N) is 1. The number of hydrogen-bond donors (Lipinski definition) is 1. The largest absolute Gasteiger partial charge is 0.484 e. The molecule has 1 aliphatic rings. The predicted molar refractivity (Wildman–Crippen MR) is 116 cm³/mol. The van der Waals surface area contributed by atoms with Crippen LogP contribution in [0.1, 0.15) is 0 Å². The number of hydrogen-bond acceptors (Lipinski definition) is 5. The molecule has 0 bridgehead atoms. The first-order valence-corrected chi connectivity index (χ1v) is 9.87. The summed E-state index contributed by atoms with van der Waals surface area (Å²) in [7, 11) is 1.53. The van der Waals surface area contributed by atoms with Crippen LogP contribution in [0, 0.1) is 0 Å². The normalized spacial score (nSPS) is 14.7. The zero-order chi connectivity index (χ0) is 21.6. The molecule has 1 unspecified atom stereocenters. The Labute approximate surface area is 180 Å². The second-order valence-electron chi connectivity index (χ2n) is 6.87. The first-order valence-electron chi connectivity index (χ1n) is 9.87. The van der Waals surface area contributed by atoms with Gasteiger partial charge in [0.15, 0.2) is 12.7 Å². The minimum atomic E-state index is -0.779. The number of benzene rings is 3. The number of carbonyl (C=O) groups excluding carboxylic acids is 2. The highest BCUT2D eigenvalue weighted by atomic mass is 16.5. The monoisotopic (exact) mass is 418 g/mol. The standard InChI is InChI=1S/C24H22N2O5/c1-25-24(28)22-15-26(20-9-5-6-10-21(20)31-22)23(27)16-29-17-11-13-19(14-12-17)30-18-7-3-2-4-8-18/h2-14,22H,15-16H2,1H3,(H,25,28). The third kappa shape index (κ3) is 4.78. The van der Waals surface area contributed by atoms with E-state index in [1.807, 2.05) is 36.4 Å². The number of rotatable bonds is 6. The number of likely N-dealkylation sites (N-methyl/N-ethyl adjacent to an activating group) is 1. The van der Waals surface area contributed by atoms with Gasteiger partial charge in [-0.25, -0.2) is 0 Å². The SMILES string of the molecule is CNC(=O)C1CN(C(=O)COc2ccc(Oc3ccccc3)cc2)c2ccccc2O1. The maximum absolute atomic E-state index is 12.9. The van der Waals surface area contributed by atoms with E-state index >= 15 is 0 Å². The minimum absolute atomic E-state index is 0.114. The van der Waals surface area contributed by atoms with Gasteiger partial charge in [-0.2, -0.15) is 0 Å². The molecule has 31 heavy (non-hydrogen) atoms. The number of nitrogens with one attached hydrogen (secondary N) is 1. The number of anilines is 1. The molecule has 0 radical (unpaired) electrons. The maximum Gasteiger partial charge on any atom is 0.265 e. The van der Waals surface area contributed by atoms with E-state index in [-0.39, 0.29) is 25.0 Å². The molecule has 7 nitrogen and oxygen atoms in total. The van der Waals surface area contributed by atoms with Crippen molar-refractivity contribution >= 4 is 17.5 Å². The predicted octanol–water partition coefficient (Wildman–Crippen LogP) is 3.40. The molecule has 7 heteroatoms. The van der Waals surface area contributed by atoms with Gasteiger partial charge in [-0.15, -0.1) is 0 Å². The van der Waals surface area contributed by atoms with E-state index in [0.29, 0.717) is 22.9 Å². The molecule has 2 amide bonds. The van der Waals surface area contributed by atoms with Crippen molar-refractivity contribution in [3.8, 4) is 23.0 Å². The fourth-order valence-corrected chi connectivity index (χ4v) is 3.22. The summed E-state index contributed by atoms with van der Waals surface area (Å²) in [6, 6.07) is 23.6. The van der Waals surface area contributed by atoms with Crippen LogP contribution in [0.3, 0.4) is 0 Å². The zero-order valence-electron chi connectivity index (χ0n) is 17.0. The minimum Gasteiger partial charge on any atom is -0.484 e. The van der Waals surface area contributed by atoms with E-state index in [1.54, 1.807) is 42.5 Å². The molecule has 1 N–H and O–H groups in total. The van der Waals surface area contributed by atoms with Crippen LogP contribution in [0.15, 0.2) is 78.9 Å². The van der Waals surface area contributed by atoms with Crippen LogP contribution in [-0.2, 0) is 9.59 Å². The Kier molecular flexibility index (Phi) is 6.03. The molecule has 1 aliphatic heterocycles. The summed E-state index contributed by atoms with van der Waals surface area (Å²) >= 11 is 0. The fourth-order valence-electron chi connectivity index (χ4n) is 3.22. The Morgan fingerprint density at radius 1 is 0.935 bits per heavy atom.